The lowest BCUT2D eigenvalue weighted by Crippen LogP contribution is -2.37. The molecule has 0 spiro atoms. The maximum Gasteiger partial charge on any atom is 0.219 e. The second-order valence-electron chi connectivity index (χ2n) is 7.95. The minimum absolute atomic E-state index is 0.112. The van der Waals surface area contributed by atoms with Crippen molar-refractivity contribution in [3.8, 4) is 22.5 Å². The van der Waals surface area contributed by atoms with Gasteiger partial charge >= 0.3 is 0 Å². The number of ether oxygens (including phenoxy) is 1. The van der Waals surface area contributed by atoms with Crippen molar-refractivity contribution >= 4 is 32.5 Å². The molecule has 9 nitrogen and oxygen atoms in total. The Morgan fingerprint density at radius 3 is 2.47 bits per heavy atom. The molecule has 1 aliphatic heterocycles. The number of sulfone groups is 1. The summed E-state index contributed by atoms with van der Waals surface area (Å²) in [6.45, 7) is 2.27. The maximum absolute atomic E-state index is 15.4. The number of nitrogen functional groups attached to an aromatic ring is 1. The lowest BCUT2D eigenvalue weighted by atomic mass is 10.0. The quantitative estimate of drug-likeness (QED) is 0.469. The molecule has 0 bridgehead atoms. The predicted octanol–water partition coefficient (Wildman–Crippen LogP) is 2.72. The van der Waals surface area contributed by atoms with Gasteiger partial charge in [0.15, 0.2) is 15.7 Å². The van der Waals surface area contributed by atoms with Gasteiger partial charge in [-0.1, -0.05) is 12.1 Å². The van der Waals surface area contributed by atoms with Crippen molar-refractivity contribution in [2.45, 2.75) is 4.90 Å². The summed E-state index contributed by atoms with van der Waals surface area (Å²) in [5.41, 5.74) is 7.36. The Bertz CT molecular complexity index is 1490. The minimum Gasteiger partial charge on any atom is -0.378 e. The SMILES string of the molecule is CS(=O)(=O)c1cccc(-c2cc3nc(-c4cnc(N)nc4)nc(N4CCOCC4)c3cc2F)c1. The summed E-state index contributed by atoms with van der Waals surface area (Å²) in [4.78, 5) is 19.6. The zero-order valence-electron chi connectivity index (χ0n) is 18.3. The highest BCUT2D eigenvalue weighted by Gasteiger charge is 2.21. The topological polar surface area (TPSA) is 124 Å². The summed E-state index contributed by atoms with van der Waals surface area (Å²) in [5.74, 6) is 0.583. The Morgan fingerprint density at radius 1 is 1.03 bits per heavy atom. The van der Waals surface area contributed by atoms with Crippen molar-refractivity contribution in [2.24, 2.45) is 0 Å². The second kappa shape index (κ2) is 8.58. The monoisotopic (exact) mass is 480 g/mol. The molecule has 4 aromatic rings. The second-order valence-corrected chi connectivity index (χ2v) is 9.97. The molecule has 3 heterocycles. The number of nitrogens with zero attached hydrogens (tertiary/aromatic N) is 5. The fourth-order valence-corrected chi connectivity index (χ4v) is 4.51. The zero-order valence-corrected chi connectivity index (χ0v) is 19.1. The predicted molar refractivity (Wildman–Crippen MR) is 127 cm³/mol. The van der Waals surface area contributed by atoms with Crippen molar-refractivity contribution < 1.29 is 17.5 Å². The summed E-state index contributed by atoms with van der Waals surface area (Å²) in [5, 5.41) is 0.544. The molecule has 1 saturated heterocycles. The molecule has 0 amide bonds. The Balaban J connectivity index is 1.72. The molecule has 5 rings (SSSR count). The van der Waals surface area contributed by atoms with Gasteiger partial charge in [-0.3, -0.25) is 0 Å². The first-order valence-electron chi connectivity index (χ1n) is 10.5. The average molecular weight is 481 g/mol. The zero-order chi connectivity index (χ0) is 23.9. The normalized spacial score (nSPS) is 14.5. The first-order chi connectivity index (χ1) is 16.3. The third kappa shape index (κ3) is 4.27. The highest BCUT2D eigenvalue weighted by molar-refractivity contribution is 7.90. The third-order valence-corrected chi connectivity index (χ3v) is 6.69. The van der Waals surface area contributed by atoms with E-state index in [1.54, 1.807) is 18.2 Å². The number of halogens is 1. The Labute approximate surface area is 195 Å². The van der Waals surface area contributed by atoms with Crippen LogP contribution in [0.1, 0.15) is 0 Å². The highest BCUT2D eigenvalue weighted by Crippen LogP contribution is 2.34. The van der Waals surface area contributed by atoms with Crippen LogP contribution in [0.15, 0.2) is 53.7 Å². The van der Waals surface area contributed by atoms with E-state index in [9.17, 15) is 8.42 Å². The average Bonchev–Trinajstić information content (AvgIpc) is 2.84. The molecule has 0 saturated carbocycles. The Morgan fingerprint density at radius 2 is 1.76 bits per heavy atom. The van der Waals surface area contributed by atoms with Gasteiger partial charge in [0.05, 0.1) is 29.2 Å². The van der Waals surface area contributed by atoms with E-state index in [0.29, 0.717) is 60.0 Å². The van der Waals surface area contributed by atoms with Gasteiger partial charge in [-0.2, -0.15) is 0 Å². The van der Waals surface area contributed by atoms with Gasteiger partial charge in [0.2, 0.25) is 5.95 Å². The molecule has 34 heavy (non-hydrogen) atoms. The summed E-state index contributed by atoms with van der Waals surface area (Å²) < 4.78 is 44.8. The fraction of sp³-hybridized carbons (Fsp3) is 0.217. The summed E-state index contributed by atoms with van der Waals surface area (Å²) in [6.07, 6.45) is 4.19. The van der Waals surface area contributed by atoms with E-state index in [4.69, 9.17) is 15.5 Å². The molecular weight excluding hydrogens is 459 g/mol. The van der Waals surface area contributed by atoms with Crippen LogP contribution in [0.5, 0.6) is 0 Å². The number of nitrogens with two attached hydrogens (primary N) is 1. The standard InChI is InChI=1S/C23H21FN6O3S/c1-34(31,32)16-4-2-3-14(9-16)17-11-20-18(10-19(17)24)22(30-5-7-33-8-6-30)29-21(28-20)15-12-26-23(25)27-13-15/h2-4,9-13H,5-8H2,1H3,(H2,25,26,27). The number of aromatic nitrogens is 4. The van der Waals surface area contributed by atoms with E-state index in [0.717, 1.165) is 6.26 Å². The number of rotatable bonds is 4. The Kier molecular flexibility index (Phi) is 5.58. The smallest absolute Gasteiger partial charge is 0.219 e. The number of benzene rings is 2. The van der Waals surface area contributed by atoms with Crippen LogP contribution in [0.3, 0.4) is 0 Å². The molecule has 2 aromatic carbocycles. The van der Waals surface area contributed by atoms with Crippen molar-refractivity contribution in [3.05, 3.63) is 54.6 Å². The largest absolute Gasteiger partial charge is 0.378 e. The molecule has 0 aliphatic carbocycles. The number of hydrogen-bond acceptors (Lipinski definition) is 9. The number of anilines is 2. The lowest BCUT2D eigenvalue weighted by molar-refractivity contribution is 0.122. The Hall–Kier alpha value is -3.70. The number of morpholine rings is 1. The lowest BCUT2D eigenvalue weighted by Gasteiger charge is -2.29. The molecule has 1 fully saturated rings. The van der Waals surface area contributed by atoms with E-state index >= 15 is 4.39 Å². The van der Waals surface area contributed by atoms with Gasteiger partial charge in [-0.25, -0.2) is 32.7 Å². The fourth-order valence-electron chi connectivity index (χ4n) is 3.85. The van der Waals surface area contributed by atoms with Gasteiger partial charge < -0.3 is 15.4 Å². The molecule has 0 atom stereocenters. The molecule has 174 valence electrons. The van der Waals surface area contributed by atoms with Crippen LogP contribution in [0.25, 0.3) is 33.4 Å². The summed E-state index contributed by atoms with van der Waals surface area (Å²) in [6, 6.07) is 9.20. The van der Waals surface area contributed by atoms with Gasteiger partial charge in [0.25, 0.3) is 0 Å². The van der Waals surface area contributed by atoms with Crippen LogP contribution in [-0.2, 0) is 14.6 Å². The van der Waals surface area contributed by atoms with Crippen LogP contribution in [0, 0.1) is 5.82 Å². The molecule has 2 aromatic heterocycles. The molecule has 0 radical (unpaired) electrons. The van der Waals surface area contributed by atoms with Crippen LogP contribution in [0.2, 0.25) is 0 Å². The van der Waals surface area contributed by atoms with Crippen molar-refractivity contribution in [1.82, 2.24) is 19.9 Å². The molecule has 11 heteroatoms. The van der Waals surface area contributed by atoms with E-state index < -0.39 is 15.7 Å². The van der Waals surface area contributed by atoms with Crippen molar-refractivity contribution in [2.75, 3.05) is 43.2 Å². The van der Waals surface area contributed by atoms with Crippen LogP contribution < -0.4 is 10.6 Å². The van der Waals surface area contributed by atoms with E-state index in [-0.39, 0.29) is 16.4 Å². The summed E-state index contributed by atoms with van der Waals surface area (Å²) in [7, 11) is -3.45. The van der Waals surface area contributed by atoms with Gasteiger partial charge in [-0.05, 0) is 29.8 Å². The number of hydrogen-bond donors (Lipinski definition) is 1. The first kappa shape index (κ1) is 22.1. The van der Waals surface area contributed by atoms with E-state index in [1.807, 2.05) is 4.90 Å². The number of fused-ring (bicyclic) bond motifs is 1. The molecular formula is C23H21FN6O3S. The van der Waals surface area contributed by atoms with Gasteiger partial charge in [-0.15, -0.1) is 0 Å². The highest BCUT2D eigenvalue weighted by atomic mass is 32.2. The van der Waals surface area contributed by atoms with E-state index in [2.05, 4.69) is 15.0 Å². The third-order valence-electron chi connectivity index (χ3n) is 5.58. The minimum atomic E-state index is -3.45. The maximum atomic E-state index is 15.4. The van der Waals surface area contributed by atoms with E-state index in [1.165, 1.54) is 30.6 Å². The molecule has 0 unspecified atom stereocenters. The van der Waals surface area contributed by atoms with Crippen molar-refractivity contribution in [3.63, 3.8) is 0 Å². The van der Waals surface area contributed by atoms with Crippen LogP contribution in [0.4, 0.5) is 16.2 Å². The first-order valence-corrected chi connectivity index (χ1v) is 12.4. The molecule has 1 aliphatic rings. The van der Waals surface area contributed by atoms with Crippen LogP contribution in [-0.4, -0.2) is 60.9 Å². The van der Waals surface area contributed by atoms with Crippen LogP contribution >= 0.6 is 0 Å². The van der Waals surface area contributed by atoms with Crippen molar-refractivity contribution in [1.29, 1.82) is 0 Å². The van der Waals surface area contributed by atoms with Gasteiger partial charge in [0, 0.05) is 42.7 Å². The van der Waals surface area contributed by atoms with Gasteiger partial charge in [0.1, 0.15) is 11.6 Å². The molecule has 2 N–H and O–H groups in total. The summed E-state index contributed by atoms with van der Waals surface area (Å²) >= 11 is 0.